The van der Waals surface area contributed by atoms with Crippen LogP contribution in [0.15, 0.2) is 34.7 Å². The van der Waals surface area contributed by atoms with E-state index in [1.807, 2.05) is 12.1 Å². The molecule has 0 aliphatic heterocycles. The Hall–Kier alpha value is -1.03. The minimum absolute atomic E-state index is 0. The molecule has 1 aromatic heterocycles. The largest absolute Gasteiger partial charge is 0.460 e. The van der Waals surface area contributed by atoms with E-state index in [1.165, 1.54) is 6.07 Å². The fourth-order valence-corrected chi connectivity index (χ4v) is 3.17. The van der Waals surface area contributed by atoms with Gasteiger partial charge in [-0.05, 0) is 56.0 Å². The zero-order valence-corrected chi connectivity index (χ0v) is 16.4. The van der Waals surface area contributed by atoms with E-state index >= 15 is 0 Å². The summed E-state index contributed by atoms with van der Waals surface area (Å²) >= 11 is 5.82. The molecule has 2 nitrogen and oxygen atoms in total. The number of hydrogen-bond donors (Lipinski definition) is 1. The van der Waals surface area contributed by atoms with Crippen molar-refractivity contribution in [3.05, 3.63) is 46.9 Å². The van der Waals surface area contributed by atoms with Crippen molar-refractivity contribution in [1.82, 2.24) is 5.32 Å². The molecule has 134 valence electrons. The molecule has 1 N–H and O–H groups in total. The number of halogens is 3. The number of hydrogen-bond acceptors (Lipinski definition) is 2. The summed E-state index contributed by atoms with van der Waals surface area (Å²) in [7, 11) is 0. The number of rotatable bonds is 5. The maximum atomic E-state index is 13.2. The van der Waals surface area contributed by atoms with E-state index in [0.29, 0.717) is 12.3 Å². The first-order chi connectivity index (χ1) is 10.6. The molecule has 1 aromatic carbocycles. The van der Waals surface area contributed by atoms with E-state index in [1.54, 1.807) is 12.1 Å². The maximum Gasteiger partial charge on any atom is 0.141 e. The van der Waals surface area contributed by atoms with Gasteiger partial charge in [0.2, 0.25) is 0 Å². The summed E-state index contributed by atoms with van der Waals surface area (Å²) in [5.41, 5.74) is 1.05. The highest BCUT2D eigenvalue weighted by Crippen LogP contribution is 2.29. The molecule has 2 aromatic rings. The van der Waals surface area contributed by atoms with Crippen molar-refractivity contribution in [3.8, 4) is 11.3 Å². The van der Waals surface area contributed by atoms with Gasteiger partial charge in [0.1, 0.15) is 17.3 Å². The molecule has 0 atom stereocenters. The van der Waals surface area contributed by atoms with Crippen LogP contribution in [0.5, 0.6) is 0 Å². The molecule has 0 saturated heterocycles. The Morgan fingerprint density at radius 1 is 1.08 bits per heavy atom. The van der Waals surface area contributed by atoms with E-state index in [4.69, 9.17) is 16.0 Å². The fraction of sp³-hybridized carbons (Fsp3) is 0.474. The van der Waals surface area contributed by atoms with E-state index in [9.17, 15) is 4.39 Å². The van der Waals surface area contributed by atoms with Crippen LogP contribution < -0.4 is 5.32 Å². The molecule has 0 spiro atoms. The minimum atomic E-state index is -0.423. The van der Waals surface area contributed by atoms with Crippen molar-refractivity contribution in [1.29, 1.82) is 0 Å². The normalized spacial score (nSPS) is 12.1. The molecule has 0 fully saturated rings. The highest BCUT2D eigenvalue weighted by molar-refractivity contribution is 6.31. The SMILES string of the molecule is CC(C)(C)CC(C)(C)NCc1ccc(-c2ccc(F)c(Cl)c2)o1.Cl. The van der Waals surface area contributed by atoms with Crippen molar-refractivity contribution in [3.63, 3.8) is 0 Å². The summed E-state index contributed by atoms with van der Waals surface area (Å²) in [6, 6.07) is 8.42. The van der Waals surface area contributed by atoms with Crippen molar-refractivity contribution < 1.29 is 8.81 Å². The molecule has 0 saturated carbocycles. The predicted molar refractivity (Wildman–Crippen MR) is 101 cm³/mol. The van der Waals surface area contributed by atoms with Gasteiger partial charge in [0.05, 0.1) is 11.6 Å². The molecule has 5 heteroatoms. The lowest BCUT2D eigenvalue weighted by Crippen LogP contribution is -2.41. The van der Waals surface area contributed by atoms with Crippen molar-refractivity contribution >= 4 is 24.0 Å². The molecule has 1 heterocycles. The lowest BCUT2D eigenvalue weighted by atomic mass is 9.82. The van der Waals surface area contributed by atoms with Gasteiger partial charge in [-0.25, -0.2) is 4.39 Å². The third-order valence-corrected chi connectivity index (χ3v) is 3.87. The average Bonchev–Trinajstić information content (AvgIpc) is 2.86. The molecule has 0 aliphatic carbocycles. The topological polar surface area (TPSA) is 25.2 Å². The highest BCUT2D eigenvalue weighted by atomic mass is 35.5. The van der Waals surface area contributed by atoms with Gasteiger partial charge in [-0.1, -0.05) is 32.4 Å². The number of furan rings is 1. The van der Waals surface area contributed by atoms with E-state index in [-0.39, 0.29) is 28.4 Å². The smallest absolute Gasteiger partial charge is 0.141 e. The Balaban J connectivity index is 0.00000288. The maximum absolute atomic E-state index is 13.2. The van der Waals surface area contributed by atoms with Gasteiger partial charge in [-0.2, -0.15) is 0 Å². The monoisotopic (exact) mass is 373 g/mol. The molecule has 0 unspecified atom stereocenters. The Morgan fingerprint density at radius 2 is 1.75 bits per heavy atom. The summed E-state index contributed by atoms with van der Waals surface area (Å²) < 4.78 is 19.1. The zero-order chi connectivity index (χ0) is 17.3. The second-order valence-electron chi connectivity index (χ2n) is 7.87. The van der Waals surface area contributed by atoms with E-state index in [0.717, 1.165) is 17.7 Å². The van der Waals surface area contributed by atoms with Gasteiger partial charge in [0.25, 0.3) is 0 Å². The summed E-state index contributed by atoms with van der Waals surface area (Å²) in [6.45, 7) is 11.8. The molecular weight excluding hydrogens is 348 g/mol. The summed E-state index contributed by atoms with van der Waals surface area (Å²) in [5.74, 6) is 1.12. The van der Waals surface area contributed by atoms with Crippen LogP contribution in [0.25, 0.3) is 11.3 Å². The van der Waals surface area contributed by atoms with Crippen LogP contribution in [-0.4, -0.2) is 5.54 Å². The molecule has 0 aliphatic rings. The van der Waals surface area contributed by atoms with E-state index in [2.05, 4.69) is 39.9 Å². The minimum Gasteiger partial charge on any atom is -0.460 e. The van der Waals surface area contributed by atoms with Crippen LogP contribution in [0.4, 0.5) is 4.39 Å². The second-order valence-corrected chi connectivity index (χ2v) is 8.28. The van der Waals surface area contributed by atoms with E-state index < -0.39 is 5.82 Å². The van der Waals surface area contributed by atoms with Crippen LogP contribution in [0.2, 0.25) is 5.02 Å². The third-order valence-electron chi connectivity index (χ3n) is 3.58. The predicted octanol–water partition coefficient (Wildman–Crippen LogP) is 6.47. The summed E-state index contributed by atoms with van der Waals surface area (Å²) in [4.78, 5) is 0. The first kappa shape index (κ1) is 21.0. The molecule has 0 amide bonds. The van der Waals surface area contributed by atoms with Crippen molar-refractivity contribution in [2.45, 2.75) is 53.1 Å². The molecule has 2 rings (SSSR count). The highest BCUT2D eigenvalue weighted by Gasteiger charge is 2.25. The molecule has 0 radical (unpaired) electrons. The van der Waals surface area contributed by atoms with Crippen LogP contribution in [-0.2, 0) is 6.54 Å². The molecule has 24 heavy (non-hydrogen) atoms. The zero-order valence-electron chi connectivity index (χ0n) is 14.9. The van der Waals surface area contributed by atoms with Crippen molar-refractivity contribution in [2.24, 2.45) is 5.41 Å². The number of nitrogens with one attached hydrogen (secondary N) is 1. The second kappa shape index (κ2) is 7.90. The average molecular weight is 374 g/mol. The van der Waals surface area contributed by atoms with Gasteiger partial charge < -0.3 is 9.73 Å². The number of benzene rings is 1. The van der Waals surface area contributed by atoms with Gasteiger partial charge in [-0.3, -0.25) is 0 Å². The van der Waals surface area contributed by atoms with Crippen LogP contribution in [0, 0.1) is 11.2 Å². The van der Waals surface area contributed by atoms with Gasteiger partial charge in [0.15, 0.2) is 0 Å². The fourth-order valence-electron chi connectivity index (χ4n) is 2.99. The Labute approximate surface area is 155 Å². The summed E-state index contributed by atoms with van der Waals surface area (Å²) in [5, 5.41) is 3.64. The van der Waals surface area contributed by atoms with Crippen LogP contribution in [0.1, 0.15) is 46.8 Å². The third kappa shape index (κ3) is 6.12. The molecule has 0 bridgehead atoms. The first-order valence-electron chi connectivity index (χ1n) is 7.85. The summed E-state index contributed by atoms with van der Waals surface area (Å²) in [6.07, 6.45) is 1.06. The lowest BCUT2D eigenvalue weighted by Gasteiger charge is -2.33. The Morgan fingerprint density at radius 3 is 2.33 bits per heavy atom. The Bertz CT molecular complexity index is 674. The van der Waals surface area contributed by atoms with Gasteiger partial charge in [-0.15, -0.1) is 12.4 Å². The van der Waals surface area contributed by atoms with Crippen LogP contribution in [0.3, 0.4) is 0 Å². The molecular formula is C19H26Cl2FNO. The van der Waals surface area contributed by atoms with Crippen LogP contribution >= 0.6 is 24.0 Å². The first-order valence-corrected chi connectivity index (χ1v) is 8.23. The quantitative estimate of drug-likeness (QED) is 0.649. The standard InChI is InChI=1S/C19H25ClFNO.ClH/c1-18(2,3)12-19(4,5)22-11-14-7-9-17(23-14)13-6-8-16(21)15(20)10-13;/h6-10,22H,11-12H2,1-5H3;1H. The van der Waals surface area contributed by atoms with Gasteiger partial charge in [0, 0.05) is 11.1 Å². The lowest BCUT2D eigenvalue weighted by molar-refractivity contribution is 0.236. The van der Waals surface area contributed by atoms with Crippen molar-refractivity contribution in [2.75, 3.05) is 0 Å². The Kier molecular flexibility index (Phi) is 6.92. The van der Waals surface area contributed by atoms with Gasteiger partial charge >= 0.3 is 0 Å².